The van der Waals surface area contributed by atoms with Crippen molar-refractivity contribution in [3.8, 4) is 11.5 Å². The van der Waals surface area contributed by atoms with Crippen LogP contribution in [0.4, 0.5) is 5.69 Å². The lowest BCUT2D eigenvalue weighted by molar-refractivity contribution is 0.281. The third-order valence-electron chi connectivity index (χ3n) is 4.26. The second kappa shape index (κ2) is 9.03. The first kappa shape index (κ1) is 19.4. The Labute approximate surface area is 169 Å². The van der Waals surface area contributed by atoms with Crippen LogP contribution in [0, 0.1) is 6.92 Å². The molecular weight excluding hydrogens is 381 g/mol. The number of ether oxygens (including phenoxy) is 2. The summed E-state index contributed by atoms with van der Waals surface area (Å²) in [7, 11) is 1.64. The maximum Gasteiger partial charge on any atom is 0.166 e. The summed E-state index contributed by atoms with van der Waals surface area (Å²) in [5, 5.41) is 4.52. The molecule has 0 radical (unpaired) electrons. The van der Waals surface area contributed by atoms with Crippen LogP contribution in [0.25, 0.3) is 0 Å². The highest BCUT2D eigenvalue weighted by atomic mass is 35.5. The number of nitrogens with one attached hydrogen (secondary N) is 1. The van der Waals surface area contributed by atoms with Crippen LogP contribution in [0.5, 0.6) is 11.5 Å². The molecule has 0 bridgehead atoms. The quantitative estimate of drug-likeness (QED) is 0.489. The molecular formula is C22H21Cl2NO2. The zero-order valence-electron chi connectivity index (χ0n) is 15.3. The van der Waals surface area contributed by atoms with E-state index < -0.39 is 0 Å². The zero-order chi connectivity index (χ0) is 19.2. The van der Waals surface area contributed by atoms with Gasteiger partial charge in [0.05, 0.1) is 7.11 Å². The molecule has 0 aromatic heterocycles. The number of aryl methyl sites for hydroxylation is 1. The van der Waals surface area contributed by atoms with Crippen molar-refractivity contribution in [2.75, 3.05) is 12.4 Å². The van der Waals surface area contributed by atoms with Crippen LogP contribution in [-0.2, 0) is 13.2 Å². The molecule has 0 unspecified atom stereocenters. The summed E-state index contributed by atoms with van der Waals surface area (Å²) in [4.78, 5) is 0. The second-order valence-corrected chi connectivity index (χ2v) is 7.05. The summed E-state index contributed by atoms with van der Waals surface area (Å²) >= 11 is 12.1. The van der Waals surface area contributed by atoms with Gasteiger partial charge in [-0.1, -0.05) is 59.6 Å². The fraction of sp³-hybridized carbons (Fsp3) is 0.182. The third kappa shape index (κ3) is 5.09. The number of hydrogen-bond donors (Lipinski definition) is 1. The van der Waals surface area contributed by atoms with Gasteiger partial charge in [-0.2, -0.15) is 0 Å². The molecule has 1 N–H and O–H groups in total. The molecule has 0 aliphatic carbocycles. The molecule has 3 nitrogen and oxygen atoms in total. The van der Waals surface area contributed by atoms with Gasteiger partial charge in [0.15, 0.2) is 11.5 Å². The molecule has 3 aromatic rings. The molecule has 0 atom stereocenters. The molecule has 0 saturated heterocycles. The van der Waals surface area contributed by atoms with Gasteiger partial charge in [0.2, 0.25) is 0 Å². The second-order valence-electron chi connectivity index (χ2n) is 6.18. The molecule has 3 rings (SSSR count). The maximum atomic E-state index is 6.14. The SMILES string of the molecule is COc1cccc(CNc2cc(Cl)cc(Cl)c2)c1OCc1ccccc1C. The predicted molar refractivity (Wildman–Crippen MR) is 112 cm³/mol. The van der Waals surface area contributed by atoms with E-state index in [1.165, 1.54) is 5.56 Å². The molecule has 0 amide bonds. The van der Waals surface area contributed by atoms with Crippen molar-refractivity contribution < 1.29 is 9.47 Å². The Morgan fingerprint density at radius 3 is 2.30 bits per heavy atom. The zero-order valence-corrected chi connectivity index (χ0v) is 16.8. The topological polar surface area (TPSA) is 30.5 Å². The largest absolute Gasteiger partial charge is 0.493 e. The number of benzene rings is 3. The summed E-state index contributed by atoms with van der Waals surface area (Å²) in [5.74, 6) is 1.43. The molecule has 0 heterocycles. The van der Waals surface area contributed by atoms with E-state index in [0.717, 1.165) is 22.6 Å². The first-order chi connectivity index (χ1) is 13.1. The molecule has 0 fully saturated rings. The van der Waals surface area contributed by atoms with Crippen molar-refractivity contribution in [1.29, 1.82) is 0 Å². The van der Waals surface area contributed by atoms with E-state index in [1.807, 2.05) is 42.5 Å². The lowest BCUT2D eigenvalue weighted by Gasteiger charge is -2.17. The molecule has 0 aliphatic heterocycles. The van der Waals surface area contributed by atoms with Crippen LogP contribution < -0.4 is 14.8 Å². The summed E-state index contributed by atoms with van der Waals surface area (Å²) in [6, 6.07) is 19.4. The highest BCUT2D eigenvalue weighted by molar-refractivity contribution is 6.35. The van der Waals surface area contributed by atoms with Crippen molar-refractivity contribution in [2.24, 2.45) is 0 Å². The van der Waals surface area contributed by atoms with Gasteiger partial charge in [0.1, 0.15) is 6.61 Å². The van der Waals surface area contributed by atoms with Gasteiger partial charge in [-0.3, -0.25) is 0 Å². The number of rotatable bonds is 7. The first-order valence-electron chi connectivity index (χ1n) is 8.60. The lowest BCUT2D eigenvalue weighted by atomic mass is 10.1. The summed E-state index contributed by atoms with van der Waals surface area (Å²) < 4.78 is 11.6. The van der Waals surface area contributed by atoms with E-state index in [-0.39, 0.29) is 0 Å². The highest BCUT2D eigenvalue weighted by Gasteiger charge is 2.12. The molecule has 5 heteroatoms. The van der Waals surface area contributed by atoms with Crippen LogP contribution in [0.3, 0.4) is 0 Å². The molecule has 0 spiro atoms. The monoisotopic (exact) mass is 401 g/mol. The third-order valence-corrected chi connectivity index (χ3v) is 4.70. The van der Waals surface area contributed by atoms with Gasteiger partial charge in [0, 0.05) is 27.8 Å². The Bertz CT molecular complexity index is 908. The van der Waals surface area contributed by atoms with Gasteiger partial charge >= 0.3 is 0 Å². The standard InChI is InChI=1S/C22H21Cl2NO2/c1-15-6-3-4-7-17(15)14-27-22-16(8-5-9-21(22)26-2)13-25-20-11-18(23)10-19(24)12-20/h3-12,25H,13-14H2,1-2H3. The van der Waals surface area contributed by atoms with Crippen LogP contribution in [0.1, 0.15) is 16.7 Å². The van der Waals surface area contributed by atoms with Crippen molar-refractivity contribution in [1.82, 2.24) is 0 Å². The fourth-order valence-corrected chi connectivity index (χ4v) is 3.33. The number of methoxy groups -OCH3 is 1. The van der Waals surface area contributed by atoms with E-state index in [0.29, 0.717) is 28.9 Å². The Hall–Kier alpha value is -2.36. The van der Waals surface area contributed by atoms with Crippen molar-refractivity contribution in [3.05, 3.63) is 87.4 Å². The van der Waals surface area contributed by atoms with Crippen LogP contribution in [0.15, 0.2) is 60.7 Å². The Morgan fingerprint density at radius 2 is 1.59 bits per heavy atom. The van der Waals surface area contributed by atoms with Gasteiger partial charge in [0.25, 0.3) is 0 Å². The normalized spacial score (nSPS) is 10.5. The Balaban J connectivity index is 1.79. The van der Waals surface area contributed by atoms with E-state index in [4.69, 9.17) is 32.7 Å². The minimum absolute atomic E-state index is 0.475. The van der Waals surface area contributed by atoms with E-state index >= 15 is 0 Å². The van der Waals surface area contributed by atoms with Crippen molar-refractivity contribution in [2.45, 2.75) is 20.1 Å². The van der Waals surface area contributed by atoms with Crippen LogP contribution in [-0.4, -0.2) is 7.11 Å². The predicted octanol–water partition coefficient (Wildman–Crippen LogP) is 6.50. The summed E-state index contributed by atoms with van der Waals surface area (Å²) in [6.45, 7) is 3.10. The molecule has 0 saturated carbocycles. The smallest absolute Gasteiger partial charge is 0.166 e. The minimum Gasteiger partial charge on any atom is -0.493 e. The molecule has 140 valence electrons. The molecule has 0 aliphatic rings. The number of halogens is 2. The van der Waals surface area contributed by atoms with E-state index in [2.05, 4.69) is 24.4 Å². The van der Waals surface area contributed by atoms with Gasteiger partial charge in [-0.25, -0.2) is 0 Å². The van der Waals surface area contributed by atoms with Crippen LogP contribution >= 0.6 is 23.2 Å². The van der Waals surface area contributed by atoms with Gasteiger partial charge in [-0.15, -0.1) is 0 Å². The summed E-state index contributed by atoms with van der Waals surface area (Å²) in [6.07, 6.45) is 0. The Kier molecular flexibility index (Phi) is 6.49. The fourth-order valence-electron chi connectivity index (χ4n) is 2.80. The van der Waals surface area contributed by atoms with Crippen molar-refractivity contribution >= 4 is 28.9 Å². The highest BCUT2D eigenvalue weighted by Crippen LogP contribution is 2.33. The maximum absolute atomic E-state index is 6.14. The van der Waals surface area contributed by atoms with E-state index in [1.54, 1.807) is 13.2 Å². The number of para-hydroxylation sites is 1. The van der Waals surface area contributed by atoms with Crippen LogP contribution in [0.2, 0.25) is 10.0 Å². The van der Waals surface area contributed by atoms with E-state index in [9.17, 15) is 0 Å². The minimum atomic E-state index is 0.475. The van der Waals surface area contributed by atoms with Crippen molar-refractivity contribution in [3.63, 3.8) is 0 Å². The molecule has 3 aromatic carbocycles. The Morgan fingerprint density at radius 1 is 0.889 bits per heavy atom. The number of hydrogen-bond acceptors (Lipinski definition) is 3. The summed E-state index contributed by atoms with van der Waals surface area (Å²) in [5.41, 5.74) is 4.17. The average molecular weight is 402 g/mol. The number of anilines is 1. The van der Waals surface area contributed by atoms with Gasteiger partial charge in [-0.05, 0) is 42.3 Å². The lowest BCUT2D eigenvalue weighted by Crippen LogP contribution is -2.06. The average Bonchev–Trinajstić information content (AvgIpc) is 2.65. The molecule has 27 heavy (non-hydrogen) atoms. The first-order valence-corrected chi connectivity index (χ1v) is 9.35. The van der Waals surface area contributed by atoms with Gasteiger partial charge < -0.3 is 14.8 Å².